The Hall–Kier alpha value is -2.25. The van der Waals surface area contributed by atoms with E-state index in [9.17, 15) is 18.0 Å². The number of amidine groups is 1. The maximum atomic E-state index is 13.4. The number of nitrogens with one attached hydrogen (secondary N) is 2. The highest BCUT2D eigenvalue weighted by Crippen LogP contribution is 2.21. The van der Waals surface area contributed by atoms with Gasteiger partial charge in [0.15, 0.2) is 5.69 Å². The summed E-state index contributed by atoms with van der Waals surface area (Å²) in [5.41, 5.74) is 0.534. The molecule has 0 radical (unpaired) electrons. The molecule has 0 amide bonds. The van der Waals surface area contributed by atoms with Gasteiger partial charge in [-0.05, 0) is 63.7 Å². The molecular weight excluding hydrogens is 471 g/mol. The summed E-state index contributed by atoms with van der Waals surface area (Å²) in [7, 11) is -3.26. The van der Waals surface area contributed by atoms with Gasteiger partial charge in [0.25, 0.3) is 0 Å². The van der Waals surface area contributed by atoms with Crippen LogP contribution >= 0.6 is 15.9 Å². The molecule has 1 aliphatic rings. The third-order valence-corrected chi connectivity index (χ3v) is 6.89. The SMILES string of the molecule is O=S(=O)(CCCNc1nonc1/C(=N/O)Nc1ccc(F)c(Br)c1)N1CCCC1. The Bertz CT molecular complexity index is 978. The third-order valence-electron chi connectivity index (χ3n) is 4.33. The molecule has 1 aromatic heterocycles. The summed E-state index contributed by atoms with van der Waals surface area (Å²) in [4.78, 5) is 0. The van der Waals surface area contributed by atoms with Gasteiger partial charge in [-0.2, -0.15) is 0 Å². The number of nitrogens with zero attached hydrogens (tertiary/aromatic N) is 4. The molecule has 2 heterocycles. The van der Waals surface area contributed by atoms with E-state index in [1.165, 1.54) is 22.5 Å². The smallest absolute Gasteiger partial charge is 0.214 e. The van der Waals surface area contributed by atoms with Gasteiger partial charge >= 0.3 is 0 Å². The van der Waals surface area contributed by atoms with Crippen molar-refractivity contribution in [3.8, 4) is 0 Å². The van der Waals surface area contributed by atoms with Gasteiger partial charge in [-0.1, -0.05) is 5.16 Å². The van der Waals surface area contributed by atoms with Crippen molar-refractivity contribution in [1.29, 1.82) is 0 Å². The Morgan fingerprint density at radius 2 is 2.10 bits per heavy atom. The second-order valence-corrected chi connectivity index (χ2v) is 9.31. The molecule has 0 aliphatic carbocycles. The Morgan fingerprint density at radius 1 is 1.34 bits per heavy atom. The highest BCUT2D eigenvalue weighted by atomic mass is 79.9. The average Bonchev–Trinajstić information content (AvgIpc) is 3.38. The summed E-state index contributed by atoms with van der Waals surface area (Å²) < 4.78 is 44.3. The van der Waals surface area contributed by atoms with Crippen LogP contribution in [0.5, 0.6) is 0 Å². The molecular formula is C16H20BrFN6O4S. The van der Waals surface area contributed by atoms with Crippen molar-refractivity contribution in [3.63, 3.8) is 0 Å². The van der Waals surface area contributed by atoms with Crippen molar-refractivity contribution < 1.29 is 22.6 Å². The number of sulfonamides is 1. The normalized spacial score (nSPS) is 15.6. The molecule has 1 aromatic carbocycles. The fraction of sp³-hybridized carbons (Fsp3) is 0.438. The van der Waals surface area contributed by atoms with E-state index < -0.39 is 15.8 Å². The zero-order valence-corrected chi connectivity index (χ0v) is 17.7. The van der Waals surface area contributed by atoms with E-state index in [-0.39, 0.29) is 27.6 Å². The number of hydrogen-bond acceptors (Lipinski definition) is 8. The van der Waals surface area contributed by atoms with Crippen LogP contribution in [-0.4, -0.2) is 59.5 Å². The number of aromatic nitrogens is 2. The topological polar surface area (TPSA) is 133 Å². The highest BCUT2D eigenvalue weighted by molar-refractivity contribution is 9.10. The van der Waals surface area contributed by atoms with E-state index in [4.69, 9.17) is 4.63 Å². The molecule has 0 saturated carbocycles. The first-order valence-corrected chi connectivity index (χ1v) is 11.3. The van der Waals surface area contributed by atoms with Gasteiger partial charge in [-0.15, -0.1) is 0 Å². The maximum absolute atomic E-state index is 13.4. The van der Waals surface area contributed by atoms with E-state index in [1.807, 2.05) is 0 Å². The zero-order chi connectivity index (χ0) is 20.9. The van der Waals surface area contributed by atoms with Crippen molar-refractivity contribution in [3.05, 3.63) is 34.2 Å². The van der Waals surface area contributed by atoms with E-state index in [1.54, 1.807) is 0 Å². The minimum Gasteiger partial charge on any atom is -0.409 e. The summed E-state index contributed by atoms with van der Waals surface area (Å²) in [6.45, 7) is 1.46. The summed E-state index contributed by atoms with van der Waals surface area (Å²) in [5, 5.41) is 25.6. The van der Waals surface area contributed by atoms with Gasteiger partial charge in [0, 0.05) is 25.3 Å². The van der Waals surface area contributed by atoms with Gasteiger partial charge in [-0.25, -0.2) is 21.7 Å². The molecule has 13 heteroatoms. The van der Waals surface area contributed by atoms with Crippen LogP contribution in [0.25, 0.3) is 0 Å². The molecule has 1 saturated heterocycles. The van der Waals surface area contributed by atoms with E-state index in [0.717, 1.165) is 12.8 Å². The lowest BCUT2D eigenvalue weighted by atomic mass is 10.3. The van der Waals surface area contributed by atoms with Crippen molar-refractivity contribution in [2.45, 2.75) is 19.3 Å². The van der Waals surface area contributed by atoms with Crippen LogP contribution in [0.4, 0.5) is 15.9 Å². The lowest BCUT2D eigenvalue weighted by molar-refractivity contribution is 0.305. The second kappa shape index (κ2) is 9.50. The Morgan fingerprint density at radius 3 is 2.79 bits per heavy atom. The molecule has 1 aliphatic heterocycles. The standard InChI is InChI=1S/C16H20BrFN6O4S/c17-12-10-11(4-5-13(12)18)20-16(21-25)14-15(23-28-22-14)19-6-3-9-29(26,27)24-7-1-2-8-24/h4-5,10,25H,1-3,6-9H2,(H,19,23)(H,20,21). The molecule has 3 N–H and O–H groups in total. The molecule has 0 bridgehead atoms. The number of oxime groups is 1. The van der Waals surface area contributed by atoms with Crippen molar-refractivity contribution in [2.24, 2.45) is 5.16 Å². The van der Waals surface area contributed by atoms with Gasteiger partial charge in [0.2, 0.25) is 21.7 Å². The molecule has 0 unspecified atom stereocenters. The highest BCUT2D eigenvalue weighted by Gasteiger charge is 2.25. The molecule has 1 fully saturated rings. The van der Waals surface area contributed by atoms with Crippen LogP contribution in [0.1, 0.15) is 25.0 Å². The molecule has 10 nitrogen and oxygen atoms in total. The minimum absolute atomic E-state index is 0.0173. The average molecular weight is 491 g/mol. The van der Waals surface area contributed by atoms with E-state index in [0.29, 0.717) is 31.7 Å². The summed E-state index contributed by atoms with van der Waals surface area (Å²) in [6.07, 6.45) is 2.15. The van der Waals surface area contributed by atoms with Gasteiger partial charge in [0.05, 0.1) is 10.2 Å². The first-order chi connectivity index (χ1) is 13.9. The number of rotatable bonds is 8. The monoisotopic (exact) mass is 490 g/mol. The molecule has 0 spiro atoms. The van der Waals surface area contributed by atoms with Gasteiger partial charge < -0.3 is 15.8 Å². The van der Waals surface area contributed by atoms with Crippen molar-refractivity contribution in [2.75, 3.05) is 36.0 Å². The van der Waals surface area contributed by atoms with Crippen LogP contribution in [0.2, 0.25) is 0 Å². The van der Waals surface area contributed by atoms with Crippen LogP contribution in [0, 0.1) is 5.82 Å². The third kappa shape index (κ3) is 5.42. The van der Waals surface area contributed by atoms with Crippen LogP contribution in [-0.2, 0) is 10.0 Å². The lowest BCUT2D eigenvalue weighted by Gasteiger charge is -2.15. The van der Waals surface area contributed by atoms with Crippen LogP contribution in [0.3, 0.4) is 0 Å². The zero-order valence-electron chi connectivity index (χ0n) is 15.3. The van der Waals surface area contributed by atoms with Gasteiger partial charge in [0.1, 0.15) is 5.82 Å². The summed E-state index contributed by atoms with van der Waals surface area (Å²) in [5.74, 6) is -0.307. The predicted octanol–water partition coefficient (Wildman–Crippen LogP) is 2.45. The lowest BCUT2D eigenvalue weighted by Crippen LogP contribution is -2.30. The van der Waals surface area contributed by atoms with Crippen molar-refractivity contribution in [1.82, 2.24) is 14.6 Å². The van der Waals surface area contributed by atoms with E-state index in [2.05, 4.69) is 42.0 Å². The van der Waals surface area contributed by atoms with Gasteiger partial charge in [-0.3, -0.25) is 0 Å². The summed E-state index contributed by atoms with van der Waals surface area (Å²) >= 11 is 3.07. The molecule has 2 aromatic rings. The van der Waals surface area contributed by atoms with Crippen molar-refractivity contribution >= 4 is 43.3 Å². The fourth-order valence-electron chi connectivity index (χ4n) is 2.86. The fourth-order valence-corrected chi connectivity index (χ4v) is 4.82. The first-order valence-electron chi connectivity index (χ1n) is 8.89. The largest absolute Gasteiger partial charge is 0.409 e. The number of anilines is 2. The summed E-state index contributed by atoms with van der Waals surface area (Å²) in [6, 6.07) is 4.15. The van der Waals surface area contributed by atoms with E-state index >= 15 is 0 Å². The van der Waals surface area contributed by atoms with Crippen LogP contribution < -0.4 is 10.6 Å². The first kappa shape index (κ1) is 21.5. The predicted molar refractivity (Wildman–Crippen MR) is 108 cm³/mol. The molecule has 0 atom stereocenters. The Kier molecular flexibility index (Phi) is 7.03. The molecule has 3 rings (SSSR count). The quantitative estimate of drug-likeness (QED) is 0.169. The Balaban J connectivity index is 1.58. The Labute approximate surface area is 175 Å². The number of halogens is 2. The number of benzene rings is 1. The molecule has 158 valence electrons. The number of hydrogen-bond donors (Lipinski definition) is 3. The maximum Gasteiger partial charge on any atom is 0.214 e. The minimum atomic E-state index is -3.26. The van der Waals surface area contributed by atoms with Crippen LogP contribution in [0.15, 0.2) is 32.5 Å². The molecule has 29 heavy (non-hydrogen) atoms. The second-order valence-electron chi connectivity index (χ2n) is 6.37.